The van der Waals surface area contributed by atoms with Crippen molar-refractivity contribution in [2.45, 2.75) is 60.6 Å². The lowest BCUT2D eigenvalue weighted by Gasteiger charge is -2.11. The molecule has 0 saturated carbocycles. The number of ether oxygens (including phenoxy) is 8. The first-order valence-corrected chi connectivity index (χ1v) is 48.6. The lowest BCUT2D eigenvalue weighted by molar-refractivity contribution is 0.298. The second-order valence-corrected chi connectivity index (χ2v) is 36.9. The zero-order valence-electron chi connectivity index (χ0n) is 81.0. The van der Waals surface area contributed by atoms with E-state index in [1.165, 1.54) is 46.2 Å². The summed E-state index contributed by atoms with van der Waals surface area (Å²) >= 11 is 4.81. The number of benzene rings is 4. The van der Waals surface area contributed by atoms with Crippen LogP contribution in [0.5, 0.6) is 46.0 Å². The molecule has 4 aromatic carbocycles. The zero-order chi connectivity index (χ0) is 103. The standard InChI is InChI=1S/C23H15F4N5O.C21H17FN6OS.C21H17N5O3.2C21H17N5O2S/c1-33-15-7-20-22(30-10-15)19(2-3-28-20)29-8-14-9-31-23-18(26)6-13(11-32(14)23)12-4-16(24)21(27)17(25)5-12;1-12-24-10-19(30-12)13-5-16(22)21-27-8-14(28(21)11-13)7-25-17-3-4-23-18-6-15(29-2)9-26-20(17)18;1-13-9-19(29-25-13)14-3-6-20-23-24-21(26(20)11-14)12-28-18-7-8-22-17-10-15(27-2)4-5-16(17)18;1-13-12-29-21(23-13)14-3-6-19-24-25-20(26(19)10-14)11-28-18-7-8-22-17-9-15(27-2)4-5-16(17)18;1-13-10-23-21(29-13)14-3-6-19-24-25-20(26(19)11-14)12-28-18-7-8-22-17-9-15(27-2)4-5-16(17)18/h2-7,9-11H,8H2,1H3,(H,28,29);3-6,8-11H,7H2,1-2H3,(H,23,25);3-11H,12H2,1-2H3;3-10,12H,11H2,1-2H3;3-11H,12H2,1-2H3. The minimum atomic E-state index is -1.58. The van der Waals surface area contributed by atoms with Gasteiger partial charge in [-0.3, -0.25) is 46.9 Å². The van der Waals surface area contributed by atoms with Crippen molar-refractivity contribution in [3.8, 4) is 100 Å². The van der Waals surface area contributed by atoms with Gasteiger partial charge in [0, 0.05) is 171 Å². The summed E-state index contributed by atoms with van der Waals surface area (Å²) in [6.45, 7) is 9.36. The molecule has 150 heavy (non-hydrogen) atoms. The second-order valence-electron chi connectivity index (χ2n) is 33.6. The summed E-state index contributed by atoms with van der Waals surface area (Å²) in [5.41, 5.74) is 16.4. The smallest absolute Gasteiger partial charge is 0.194 e. The van der Waals surface area contributed by atoms with Gasteiger partial charge < -0.3 is 53.1 Å². The molecule has 0 saturated heterocycles. The molecule has 25 aromatic rings. The quantitative estimate of drug-likeness (QED) is 0.0396. The highest BCUT2D eigenvalue weighted by Crippen LogP contribution is 2.38. The first-order valence-electron chi connectivity index (χ1n) is 46.1. The Morgan fingerprint density at radius 1 is 0.347 bits per heavy atom. The van der Waals surface area contributed by atoms with Gasteiger partial charge in [0.25, 0.3) is 0 Å². The Kier molecular flexibility index (Phi) is 27.8. The van der Waals surface area contributed by atoms with Gasteiger partial charge in [-0.1, -0.05) is 5.16 Å². The Morgan fingerprint density at radius 2 is 0.773 bits per heavy atom. The summed E-state index contributed by atoms with van der Waals surface area (Å²) in [5.74, 6) is 3.14. The Balaban J connectivity index is 0.000000110. The molecule has 748 valence electrons. The molecule has 0 unspecified atom stereocenters. The molecule has 0 fully saturated rings. The van der Waals surface area contributed by atoms with Crippen LogP contribution in [0.4, 0.5) is 33.3 Å². The molecular weight excluding hydrogens is 1980 g/mol. The number of methoxy groups -OCH3 is 5. The summed E-state index contributed by atoms with van der Waals surface area (Å²) in [5, 5.41) is 43.7. The molecule has 0 aliphatic rings. The largest absolute Gasteiger partial charge is 0.497 e. The van der Waals surface area contributed by atoms with Crippen LogP contribution < -0.4 is 48.5 Å². The molecule has 21 aromatic heterocycles. The third-order valence-electron chi connectivity index (χ3n) is 23.9. The van der Waals surface area contributed by atoms with Crippen LogP contribution in [0.3, 0.4) is 0 Å². The number of anilines is 2. The van der Waals surface area contributed by atoms with Gasteiger partial charge in [0.05, 0.1) is 139 Å². The average Bonchev–Trinajstić information content (AvgIpc) is 1.63. The monoisotopic (exact) mass is 2070 g/mol. The van der Waals surface area contributed by atoms with Crippen LogP contribution in [-0.4, -0.2) is 153 Å². The highest BCUT2D eigenvalue weighted by Gasteiger charge is 2.23. The van der Waals surface area contributed by atoms with Crippen molar-refractivity contribution in [2.24, 2.45) is 0 Å². The average molecular weight is 2070 g/mol. The minimum Gasteiger partial charge on any atom is -0.497 e. The van der Waals surface area contributed by atoms with E-state index in [1.54, 1.807) is 123 Å². The number of pyridine rings is 12. The van der Waals surface area contributed by atoms with Crippen LogP contribution in [0.25, 0.3) is 137 Å². The van der Waals surface area contributed by atoms with Crippen molar-refractivity contribution in [2.75, 3.05) is 46.2 Å². The van der Waals surface area contributed by atoms with Crippen molar-refractivity contribution in [1.29, 1.82) is 0 Å². The molecular formula is C107H83F5N26O9S3. The van der Waals surface area contributed by atoms with E-state index >= 15 is 0 Å². The van der Waals surface area contributed by atoms with Crippen molar-refractivity contribution >= 4 is 128 Å². The molecule has 0 spiro atoms. The van der Waals surface area contributed by atoms with Crippen LogP contribution >= 0.6 is 34.0 Å². The number of fused-ring (bicyclic) bond motifs is 10. The Morgan fingerprint density at radius 3 is 1.21 bits per heavy atom. The number of halogens is 5. The van der Waals surface area contributed by atoms with E-state index in [0.717, 1.165) is 178 Å². The lowest BCUT2D eigenvalue weighted by Crippen LogP contribution is -2.05. The van der Waals surface area contributed by atoms with Gasteiger partial charge in [-0.05, 0) is 161 Å². The van der Waals surface area contributed by atoms with Crippen LogP contribution in [0.1, 0.15) is 50.1 Å². The van der Waals surface area contributed by atoms with Gasteiger partial charge in [0.15, 0.2) is 80.6 Å². The number of aryl methyl sites for hydroxylation is 4. The maximum absolute atomic E-state index is 14.7. The first-order chi connectivity index (χ1) is 73.2. The fourth-order valence-corrected chi connectivity index (χ4v) is 18.6. The number of aromatic nitrogens is 24. The Labute approximate surface area is 859 Å². The SMILES string of the molecule is COc1ccc2c(OCc3nnc4ccc(-c5cc(C)no5)cn34)ccnc2c1.COc1ccc2c(OCc3nnc4ccc(-c5nc(C)cs5)cn34)ccnc2c1.COc1ccc2c(OCc3nnc4ccc(-c5ncc(C)s5)cn34)ccnc2c1.COc1cnc2c(NCc3cnc4c(F)cc(-c5cc(F)c(F)c(F)c5)cn34)ccnc2c1.COc1cnc2c(NCc3cnc4c(F)cc(-c5cnc(C)s5)cn34)ccnc2c1. The van der Waals surface area contributed by atoms with E-state index in [0.29, 0.717) is 69.3 Å². The topological polar surface area (TPSA) is 378 Å². The number of nitrogens with zero attached hydrogens (tertiary/aromatic N) is 24. The fraction of sp³-hybridized carbons (Fsp3) is 0.131. The molecule has 0 bridgehead atoms. The summed E-state index contributed by atoms with van der Waals surface area (Å²) in [6, 6.07) is 47.7. The number of hydrogen-bond donors (Lipinski definition) is 2. The van der Waals surface area contributed by atoms with Crippen molar-refractivity contribution in [3.05, 3.63) is 348 Å². The van der Waals surface area contributed by atoms with Gasteiger partial charge in [0.1, 0.15) is 86.9 Å². The zero-order valence-corrected chi connectivity index (χ0v) is 83.4. The van der Waals surface area contributed by atoms with Gasteiger partial charge in [-0.15, -0.1) is 64.6 Å². The molecule has 0 aliphatic carbocycles. The fourth-order valence-electron chi connectivity index (χ4n) is 16.3. The van der Waals surface area contributed by atoms with E-state index in [1.807, 2.05) is 205 Å². The number of hydrogen-bond acceptors (Lipinski definition) is 33. The first kappa shape index (κ1) is 97.3. The summed E-state index contributed by atoms with van der Waals surface area (Å²) in [7, 11) is 8.04. The van der Waals surface area contributed by atoms with Gasteiger partial charge in [-0.2, -0.15) is 0 Å². The summed E-state index contributed by atoms with van der Waals surface area (Å²) in [4.78, 5) is 54.3. The van der Waals surface area contributed by atoms with Crippen LogP contribution in [0.15, 0.2) is 273 Å². The molecule has 0 radical (unpaired) electrons. The molecule has 35 nitrogen and oxygen atoms in total. The van der Waals surface area contributed by atoms with E-state index in [-0.39, 0.29) is 49.0 Å². The molecule has 0 amide bonds. The predicted molar refractivity (Wildman–Crippen MR) is 557 cm³/mol. The number of nitrogens with one attached hydrogen (secondary N) is 2. The third-order valence-corrected chi connectivity index (χ3v) is 26.8. The maximum atomic E-state index is 14.7. The van der Waals surface area contributed by atoms with Crippen molar-refractivity contribution < 1.29 is 64.4 Å². The van der Waals surface area contributed by atoms with Crippen LogP contribution in [0, 0.1) is 56.8 Å². The van der Waals surface area contributed by atoms with E-state index in [9.17, 15) is 22.0 Å². The summed E-state index contributed by atoms with van der Waals surface area (Å²) in [6.07, 6.45) is 27.8. The highest BCUT2D eigenvalue weighted by atomic mass is 32.1. The van der Waals surface area contributed by atoms with Crippen molar-refractivity contribution in [1.82, 2.24) is 118 Å². The molecule has 0 aliphatic heterocycles. The molecule has 25 rings (SSSR count). The molecule has 0 atom stereocenters. The lowest BCUT2D eigenvalue weighted by atomic mass is 10.1. The third kappa shape index (κ3) is 20.8. The van der Waals surface area contributed by atoms with Crippen LogP contribution in [0.2, 0.25) is 0 Å². The number of rotatable bonds is 25. The highest BCUT2D eigenvalue weighted by molar-refractivity contribution is 7.15. The predicted octanol–water partition coefficient (Wildman–Crippen LogP) is 22.0. The van der Waals surface area contributed by atoms with E-state index < -0.39 is 23.3 Å². The number of thiazole rings is 3. The normalized spacial score (nSPS) is 11.3. The Bertz CT molecular complexity index is 8830. The second kappa shape index (κ2) is 42.9. The molecule has 21 heterocycles. The van der Waals surface area contributed by atoms with E-state index in [2.05, 4.69) is 106 Å². The van der Waals surface area contributed by atoms with Gasteiger partial charge in [0.2, 0.25) is 0 Å². The van der Waals surface area contributed by atoms with Gasteiger partial charge in [-0.25, -0.2) is 56.8 Å². The van der Waals surface area contributed by atoms with Gasteiger partial charge >= 0.3 is 0 Å². The number of imidazole rings is 2. The Hall–Kier alpha value is -18.8. The maximum Gasteiger partial charge on any atom is 0.194 e. The summed E-state index contributed by atoms with van der Waals surface area (Å²) < 4.78 is 129. The van der Waals surface area contributed by atoms with E-state index in [4.69, 9.17) is 42.4 Å². The van der Waals surface area contributed by atoms with Crippen LogP contribution in [-0.2, 0) is 32.9 Å². The molecule has 43 heteroatoms. The molecule has 2 N–H and O–H groups in total. The van der Waals surface area contributed by atoms with Crippen molar-refractivity contribution in [3.63, 3.8) is 0 Å². The minimum absolute atomic E-state index is 0.00177.